The van der Waals surface area contributed by atoms with Crippen LogP contribution in [0.2, 0.25) is 10.0 Å². The second kappa shape index (κ2) is 15.2. The molecular formula is C35H41Cl2N5O6S2. The number of sulfone groups is 1. The molecule has 2 unspecified atom stereocenters. The Morgan fingerprint density at radius 3 is 2.02 bits per heavy atom. The van der Waals surface area contributed by atoms with Crippen LogP contribution in [0.4, 0.5) is 4.79 Å². The van der Waals surface area contributed by atoms with Gasteiger partial charge in [-0.1, -0.05) is 47.5 Å². The van der Waals surface area contributed by atoms with Crippen LogP contribution >= 0.6 is 23.2 Å². The first kappa shape index (κ1) is 36.6. The summed E-state index contributed by atoms with van der Waals surface area (Å²) in [5.74, 6) is 0.736. The number of benzene rings is 3. The molecule has 0 saturated carbocycles. The third-order valence-electron chi connectivity index (χ3n) is 9.31. The van der Waals surface area contributed by atoms with Gasteiger partial charge in [0.2, 0.25) is 10.0 Å². The van der Waals surface area contributed by atoms with Gasteiger partial charge in [-0.05, 0) is 73.4 Å². The van der Waals surface area contributed by atoms with Gasteiger partial charge in [-0.15, -0.1) is 0 Å². The number of hydrogen-bond acceptors (Lipinski definition) is 8. The minimum Gasteiger partial charge on any atom is -0.493 e. The Kier molecular flexibility index (Phi) is 11.1. The molecule has 2 amide bonds. The predicted octanol–water partition coefficient (Wildman–Crippen LogP) is 5.50. The monoisotopic (exact) mass is 761 g/mol. The molecule has 2 fully saturated rings. The highest BCUT2D eigenvalue weighted by atomic mass is 35.5. The fourth-order valence-electron chi connectivity index (χ4n) is 6.67. The van der Waals surface area contributed by atoms with Crippen LogP contribution in [-0.2, 0) is 19.9 Å². The van der Waals surface area contributed by atoms with Gasteiger partial charge in [-0.3, -0.25) is 14.8 Å². The molecule has 2 saturated heterocycles. The summed E-state index contributed by atoms with van der Waals surface area (Å²) in [7, 11) is -6.94. The lowest BCUT2D eigenvalue weighted by Crippen LogP contribution is -2.54. The standard InChI is InChI=1S/C35H41Cl2N5O6S2/c1-3-48-31-15-14-29(50(46,47)41-16-4-5-17-41)24-30(31)34-38-32(25-6-10-27(36)11-7-25)33(26-8-12-28(37)13-9-26)42(34)35(43)40-20-18-39(19-21-40)22-23-49(2,44)45/h6-15,24,32-33H,3-5,16-23H2,1-2H3. The first-order valence-corrected chi connectivity index (χ1v) is 21.0. The van der Waals surface area contributed by atoms with Gasteiger partial charge in [0.1, 0.15) is 27.5 Å². The molecule has 0 radical (unpaired) electrons. The number of nitrogens with zero attached hydrogens (tertiary/aromatic N) is 5. The molecule has 6 rings (SSSR count). The molecule has 3 aromatic rings. The van der Waals surface area contributed by atoms with E-state index in [1.165, 1.54) is 10.6 Å². The molecule has 15 heteroatoms. The largest absolute Gasteiger partial charge is 0.493 e. The van der Waals surface area contributed by atoms with Crippen LogP contribution in [0.5, 0.6) is 5.75 Å². The summed E-state index contributed by atoms with van der Waals surface area (Å²) in [6.07, 6.45) is 2.81. The second-order valence-electron chi connectivity index (χ2n) is 12.8. The van der Waals surface area contributed by atoms with E-state index in [1.807, 2.05) is 36.1 Å². The maximum absolute atomic E-state index is 14.9. The number of sulfonamides is 1. The van der Waals surface area contributed by atoms with Crippen LogP contribution in [0.3, 0.4) is 0 Å². The van der Waals surface area contributed by atoms with Crippen LogP contribution in [-0.4, -0.2) is 112 Å². The van der Waals surface area contributed by atoms with Crippen LogP contribution in [0.25, 0.3) is 0 Å². The quantitative estimate of drug-likeness (QED) is 0.268. The molecule has 3 heterocycles. The Morgan fingerprint density at radius 1 is 0.840 bits per heavy atom. The van der Waals surface area contributed by atoms with Crippen molar-refractivity contribution in [3.8, 4) is 5.75 Å². The lowest BCUT2D eigenvalue weighted by Gasteiger charge is -2.39. The number of piperazine rings is 1. The molecule has 0 spiro atoms. The van der Waals surface area contributed by atoms with E-state index in [-0.39, 0.29) is 22.5 Å². The van der Waals surface area contributed by atoms with Crippen LogP contribution in [0.15, 0.2) is 76.6 Å². The van der Waals surface area contributed by atoms with E-state index in [4.69, 9.17) is 32.9 Å². The number of halogens is 2. The fraction of sp³-hybridized carbons (Fsp3) is 0.429. The number of carbonyl (C=O) groups is 1. The van der Waals surface area contributed by atoms with Gasteiger partial charge in [0.15, 0.2) is 0 Å². The van der Waals surface area contributed by atoms with Gasteiger partial charge < -0.3 is 9.64 Å². The van der Waals surface area contributed by atoms with Gasteiger partial charge in [0.25, 0.3) is 0 Å². The van der Waals surface area contributed by atoms with Crippen molar-refractivity contribution >= 4 is 54.9 Å². The topological polar surface area (TPSA) is 120 Å². The van der Waals surface area contributed by atoms with Gasteiger partial charge >= 0.3 is 6.03 Å². The molecule has 3 aliphatic rings. The van der Waals surface area contributed by atoms with Crippen molar-refractivity contribution in [1.82, 2.24) is 19.0 Å². The summed E-state index contributed by atoms with van der Waals surface area (Å²) in [6, 6.07) is 17.8. The highest BCUT2D eigenvalue weighted by Gasteiger charge is 2.45. The highest BCUT2D eigenvalue weighted by Crippen LogP contribution is 2.46. The molecule has 0 aliphatic carbocycles. The minimum atomic E-state index is -3.81. The molecule has 0 bridgehead atoms. The summed E-state index contributed by atoms with van der Waals surface area (Å²) < 4.78 is 58.8. The average Bonchev–Trinajstić information content (AvgIpc) is 3.78. The van der Waals surface area contributed by atoms with Crippen molar-refractivity contribution in [2.75, 3.05) is 64.4 Å². The SMILES string of the molecule is CCOc1ccc(S(=O)(=O)N2CCCC2)cc1C1=NC(c2ccc(Cl)cc2)C(c2ccc(Cl)cc2)N1C(=O)N1CCN(CCS(C)(=O)=O)CC1. The number of aliphatic imine (C=N–C) groups is 1. The molecule has 2 atom stereocenters. The first-order chi connectivity index (χ1) is 23.9. The Morgan fingerprint density at radius 2 is 1.44 bits per heavy atom. The maximum atomic E-state index is 14.9. The second-order valence-corrected chi connectivity index (χ2v) is 17.8. The van der Waals surface area contributed by atoms with Crippen molar-refractivity contribution < 1.29 is 26.4 Å². The molecule has 268 valence electrons. The maximum Gasteiger partial charge on any atom is 0.326 e. The Bertz CT molecular complexity index is 1950. The Balaban J connectivity index is 1.47. The van der Waals surface area contributed by atoms with Gasteiger partial charge in [0.05, 0.1) is 28.9 Å². The van der Waals surface area contributed by atoms with E-state index in [9.17, 15) is 21.6 Å². The number of carbonyl (C=O) groups excluding carboxylic acids is 1. The smallest absolute Gasteiger partial charge is 0.326 e. The van der Waals surface area contributed by atoms with Crippen molar-refractivity contribution in [2.45, 2.75) is 36.7 Å². The molecule has 0 aromatic heterocycles. The lowest BCUT2D eigenvalue weighted by atomic mass is 9.93. The Hall–Kier alpha value is -3.20. The van der Waals surface area contributed by atoms with Crippen LogP contribution in [0.1, 0.15) is 48.5 Å². The van der Waals surface area contributed by atoms with Crippen molar-refractivity contribution in [1.29, 1.82) is 0 Å². The molecular weight excluding hydrogens is 721 g/mol. The number of urea groups is 1. The minimum absolute atomic E-state index is 0.0438. The predicted molar refractivity (Wildman–Crippen MR) is 195 cm³/mol. The number of hydrogen-bond donors (Lipinski definition) is 0. The summed E-state index contributed by atoms with van der Waals surface area (Å²) >= 11 is 12.6. The van der Waals surface area contributed by atoms with E-state index < -0.39 is 31.9 Å². The third kappa shape index (κ3) is 7.98. The lowest BCUT2D eigenvalue weighted by molar-refractivity contribution is 0.122. The fourth-order valence-corrected chi connectivity index (χ4v) is 9.05. The average molecular weight is 763 g/mol. The van der Waals surface area contributed by atoms with E-state index in [2.05, 4.69) is 0 Å². The van der Waals surface area contributed by atoms with E-state index >= 15 is 0 Å². The zero-order chi connectivity index (χ0) is 35.6. The number of ether oxygens (including phenoxy) is 1. The zero-order valence-corrected chi connectivity index (χ0v) is 31.2. The Labute approximate surface area is 304 Å². The number of amidine groups is 1. The van der Waals surface area contributed by atoms with E-state index in [0.717, 1.165) is 24.0 Å². The number of rotatable bonds is 10. The summed E-state index contributed by atoms with van der Waals surface area (Å²) in [5, 5.41) is 1.09. The zero-order valence-electron chi connectivity index (χ0n) is 28.0. The molecule has 3 aliphatic heterocycles. The van der Waals surface area contributed by atoms with E-state index in [1.54, 1.807) is 52.3 Å². The van der Waals surface area contributed by atoms with Gasteiger partial charge in [0, 0.05) is 62.1 Å². The molecule has 50 heavy (non-hydrogen) atoms. The summed E-state index contributed by atoms with van der Waals surface area (Å²) in [6.45, 7) is 5.17. The highest BCUT2D eigenvalue weighted by molar-refractivity contribution is 7.90. The third-order valence-corrected chi connectivity index (χ3v) is 12.6. The summed E-state index contributed by atoms with van der Waals surface area (Å²) in [4.78, 5) is 25.6. The normalized spacial score (nSPS) is 20.7. The van der Waals surface area contributed by atoms with Crippen molar-refractivity contribution in [2.24, 2.45) is 4.99 Å². The molecule has 11 nitrogen and oxygen atoms in total. The summed E-state index contributed by atoms with van der Waals surface area (Å²) in [5.41, 5.74) is 1.99. The van der Waals surface area contributed by atoms with Crippen molar-refractivity contribution in [3.05, 3.63) is 93.5 Å². The molecule has 3 aromatic carbocycles. The van der Waals surface area contributed by atoms with E-state index in [0.29, 0.717) is 73.8 Å². The van der Waals surface area contributed by atoms with Crippen LogP contribution in [0, 0.1) is 0 Å². The molecule has 0 N–H and O–H groups in total. The van der Waals surface area contributed by atoms with Crippen molar-refractivity contribution in [3.63, 3.8) is 0 Å². The number of amides is 2. The van der Waals surface area contributed by atoms with Gasteiger partial charge in [-0.2, -0.15) is 4.31 Å². The first-order valence-electron chi connectivity index (χ1n) is 16.7. The van der Waals surface area contributed by atoms with Crippen LogP contribution < -0.4 is 4.74 Å². The van der Waals surface area contributed by atoms with Gasteiger partial charge in [-0.25, -0.2) is 21.6 Å².